The second-order valence-corrected chi connectivity index (χ2v) is 14.9. The van der Waals surface area contributed by atoms with Crippen LogP contribution in [-0.2, 0) is 16.8 Å². The van der Waals surface area contributed by atoms with Crippen LogP contribution < -0.4 is 22.1 Å². The molecule has 2 heterocycles. The average molecular weight is 632 g/mol. The highest BCUT2D eigenvalue weighted by atomic mass is 32.1. The number of nitrogens with zero attached hydrogens (tertiary/aromatic N) is 2. The smallest absolute Gasteiger partial charge is 0.240 e. The molecule has 0 spiro atoms. The number of carbonyl (C=O) groups excluding carboxylic acids is 1. The van der Waals surface area contributed by atoms with E-state index in [1.54, 1.807) is 11.3 Å². The van der Waals surface area contributed by atoms with Gasteiger partial charge < -0.3 is 29.0 Å². The standard InChI is InChI=1S/C12H14N3OS.C12H16N2S.C11H17N/c1-3-8(13)11(16)15-12-14-9-5-4-7(2)6-10(9)17-12;1-8-5-6-9-10(7-8)15-11(13-9)14-12(2,3)4;1-11(2,3)10-7-5-4-6-9(10)8-12/h4-6,8H,1,3,13H2,2H3,(H,14,15,16);5-7H,1-4H3,(H,13,14);4-7H,8,12H2,1-3H3/q-1;;. The van der Waals surface area contributed by atoms with Gasteiger partial charge in [0, 0.05) is 12.1 Å². The van der Waals surface area contributed by atoms with Crippen LogP contribution >= 0.6 is 22.7 Å². The zero-order valence-corrected chi connectivity index (χ0v) is 28.9. The van der Waals surface area contributed by atoms with Crippen molar-refractivity contribution in [3.63, 3.8) is 0 Å². The lowest BCUT2D eigenvalue weighted by Gasteiger charge is -2.22. The average Bonchev–Trinajstić information content (AvgIpc) is 3.53. The number of aromatic nitrogens is 2. The zero-order valence-electron chi connectivity index (χ0n) is 27.2. The van der Waals surface area contributed by atoms with Crippen LogP contribution in [0.2, 0.25) is 0 Å². The van der Waals surface area contributed by atoms with Crippen molar-refractivity contribution < 1.29 is 4.79 Å². The topological polar surface area (TPSA) is 119 Å². The summed E-state index contributed by atoms with van der Waals surface area (Å²) in [6.45, 7) is 21.4. The van der Waals surface area contributed by atoms with Crippen LogP contribution in [0.5, 0.6) is 0 Å². The van der Waals surface area contributed by atoms with E-state index in [1.807, 2.05) is 31.2 Å². The van der Waals surface area contributed by atoms with Gasteiger partial charge in [0.25, 0.3) is 0 Å². The highest BCUT2D eigenvalue weighted by Crippen LogP contribution is 2.29. The number of anilines is 2. The van der Waals surface area contributed by atoms with E-state index in [4.69, 9.17) is 11.5 Å². The highest BCUT2D eigenvalue weighted by molar-refractivity contribution is 7.22. The summed E-state index contributed by atoms with van der Waals surface area (Å²) in [5, 5.41) is 7.69. The molecule has 3 aromatic carbocycles. The van der Waals surface area contributed by atoms with Crippen molar-refractivity contribution in [2.75, 3.05) is 10.6 Å². The number of fused-ring (bicyclic) bond motifs is 2. The van der Waals surface area contributed by atoms with Gasteiger partial charge in [0.1, 0.15) is 0 Å². The number of hydrogen-bond acceptors (Lipinski definition) is 8. The van der Waals surface area contributed by atoms with Crippen LogP contribution in [0.4, 0.5) is 10.3 Å². The van der Waals surface area contributed by atoms with Gasteiger partial charge in [-0.2, -0.15) is 6.42 Å². The molecule has 0 aliphatic carbocycles. The second kappa shape index (κ2) is 15.1. The number of thiazole rings is 2. The Kier molecular flexibility index (Phi) is 12.0. The van der Waals surface area contributed by atoms with E-state index in [0.29, 0.717) is 18.1 Å². The molecule has 0 aliphatic heterocycles. The lowest BCUT2D eigenvalue weighted by molar-refractivity contribution is -0.117. The molecule has 5 rings (SSSR count). The summed E-state index contributed by atoms with van der Waals surface area (Å²) in [5.41, 5.74) is 18.5. The number of nitrogens with one attached hydrogen (secondary N) is 2. The summed E-state index contributed by atoms with van der Waals surface area (Å²) >= 11 is 3.16. The predicted molar refractivity (Wildman–Crippen MR) is 192 cm³/mol. The Morgan fingerprint density at radius 3 is 1.86 bits per heavy atom. The Morgan fingerprint density at radius 2 is 1.39 bits per heavy atom. The fourth-order valence-electron chi connectivity index (χ4n) is 4.25. The molecule has 0 saturated carbocycles. The lowest BCUT2D eigenvalue weighted by Crippen LogP contribution is -2.34. The number of aryl methyl sites for hydroxylation is 2. The van der Waals surface area contributed by atoms with E-state index in [2.05, 4.69) is 112 Å². The summed E-state index contributed by atoms with van der Waals surface area (Å²) in [7, 11) is 0. The molecule has 5 aromatic rings. The molecule has 7 nitrogen and oxygen atoms in total. The van der Waals surface area contributed by atoms with Crippen LogP contribution in [0.1, 0.15) is 70.2 Å². The molecule has 236 valence electrons. The Bertz CT molecular complexity index is 1680. The van der Waals surface area contributed by atoms with E-state index < -0.39 is 6.04 Å². The minimum absolute atomic E-state index is 0.0723. The van der Waals surface area contributed by atoms with Crippen LogP contribution in [-0.4, -0.2) is 27.5 Å². The number of nitrogens with two attached hydrogens (primary N) is 2. The van der Waals surface area contributed by atoms with E-state index in [1.165, 1.54) is 38.3 Å². The van der Waals surface area contributed by atoms with Crippen molar-refractivity contribution >= 4 is 59.3 Å². The van der Waals surface area contributed by atoms with Crippen LogP contribution in [0.15, 0.2) is 60.7 Å². The van der Waals surface area contributed by atoms with E-state index in [0.717, 1.165) is 20.9 Å². The van der Waals surface area contributed by atoms with Gasteiger partial charge in [-0.15, -0.1) is 0 Å². The van der Waals surface area contributed by atoms with Crippen molar-refractivity contribution in [1.29, 1.82) is 0 Å². The molecule has 0 aliphatic rings. The number of benzene rings is 3. The van der Waals surface area contributed by atoms with Gasteiger partial charge >= 0.3 is 0 Å². The summed E-state index contributed by atoms with van der Waals surface area (Å²) in [6.07, 6.45) is 0.371. The minimum atomic E-state index is -0.580. The molecule has 0 fully saturated rings. The normalized spacial score (nSPS) is 12.2. The van der Waals surface area contributed by atoms with Crippen molar-refractivity contribution in [3.05, 3.63) is 89.8 Å². The quantitative estimate of drug-likeness (QED) is 0.145. The molecular weight excluding hydrogens is 585 g/mol. The van der Waals surface area contributed by atoms with Gasteiger partial charge in [-0.05, 0) is 86.6 Å². The third-order valence-electron chi connectivity index (χ3n) is 6.49. The molecular formula is C35H47N6OS2-. The van der Waals surface area contributed by atoms with Crippen LogP contribution in [0.25, 0.3) is 20.4 Å². The first-order valence-corrected chi connectivity index (χ1v) is 16.4. The number of amides is 1. The Morgan fingerprint density at radius 1 is 0.864 bits per heavy atom. The fourth-order valence-corrected chi connectivity index (χ4v) is 6.39. The maximum atomic E-state index is 11.6. The number of carbonyl (C=O) groups is 1. The van der Waals surface area contributed by atoms with Crippen LogP contribution in [0.3, 0.4) is 0 Å². The summed E-state index contributed by atoms with van der Waals surface area (Å²) in [5.74, 6) is -0.240. The van der Waals surface area contributed by atoms with Crippen LogP contribution in [0, 0.1) is 20.8 Å². The zero-order chi connectivity index (χ0) is 32.7. The van der Waals surface area contributed by atoms with Gasteiger partial charge in [-0.1, -0.05) is 79.8 Å². The molecule has 6 N–H and O–H groups in total. The maximum Gasteiger partial charge on any atom is 0.240 e. The summed E-state index contributed by atoms with van der Waals surface area (Å²) in [4.78, 5) is 20.4. The first-order valence-electron chi connectivity index (χ1n) is 14.8. The first-order chi connectivity index (χ1) is 20.6. The first kappa shape index (κ1) is 35.1. The number of hydrogen-bond donors (Lipinski definition) is 4. The molecule has 2 aromatic heterocycles. The molecule has 1 unspecified atom stereocenters. The van der Waals surface area contributed by atoms with Gasteiger partial charge in [-0.3, -0.25) is 4.79 Å². The molecule has 0 radical (unpaired) electrons. The second-order valence-electron chi connectivity index (χ2n) is 12.9. The molecule has 0 bridgehead atoms. The molecule has 1 atom stereocenters. The fraction of sp³-hybridized carbons (Fsp3) is 0.371. The van der Waals surface area contributed by atoms with E-state index in [9.17, 15) is 4.79 Å². The maximum absolute atomic E-state index is 11.6. The van der Waals surface area contributed by atoms with Gasteiger partial charge in [-0.25, -0.2) is 9.97 Å². The summed E-state index contributed by atoms with van der Waals surface area (Å²) in [6, 6.07) is 20.1. The third kappa shape index (κ3) is 10.4. The highest BCUT2D eigenvalue weighted by Gasteiger charge is 2.16. The number of rotatable bonds is 5. The SMILES string of the molecule is CC(C)(C)c1ccccc1CN.Cc1ccc2nc(NC(C)(C)C)sc2c1.[CH2-]CC(N)C(=O)Nc1nc2ccc(C)cc2s1. The lowest BCUT2D eigenvalue weighted by atomic mass is 9.84. The van der Waals surface area contributed by atoms with Crippen molar-refractivity contribution in [3.8, 4) is 0 Å². The Hall–Kier alpha value is -3.37. The Balaban J connectivity index is 0.000000183. The largest absolute Gasteiger partial charge is 0.357 e. The predicted octanol–water partition coefficient (Wildman–Crippen LogP) is 8.35. The van der Waals surface area contributed by atoms with Gasteiger partial charge in [0.05, 0.1) is 26.5 Å². The minimum Gasteiger partial charge on any atom is -0.357 e. The molecule has 0 saturated heterocycles. The van der Waals surface area contributed by atoms with Gasteiger partial charge in [0.2, 0.25) is 5.91 Å². The molecule has 9 heteroatoms. The van der Waals surface area contributed by atoms with Gasteiger partial charge in [0.15, 0.2) is 10.3 Å². The van der Waals surface area contributed by atoms with E-state index >= 15 is 0 Å². The van der Waals surface area contributed by atoms with Crippen molar-refractivity contribution in [2.45, 2.75) is 85.4 Å². The third-order valence-corrected chi connectivity index (χ3v) is 8.36. The molecule has 44 heavy (non-hydrogen) atoms. The van der Waals surface area contributed by atoms with Crippen molar-refractivity contribution in [1.82, 2.24) is 9.97 Å². The monoisotopic (exact) mass is 631 g/mol. The molecule has 1 amide bonds. The summed E-state index contributed by atoms with van der Waals surface area (Å²) < 4.78 is 2.31. The van der Waals surface area contributed by atoms with Crippen molar-refractivity contribution in [2.24, 2.45) is 11.5 Å². The Labute approximate surface area is 270 Å². The van der Waals surface area contributed by atoms with E-state index in [-0.39, 0.29) is 16.9 Å².